The van der Waals surface area contributed by atoms with Crippen LogP contribution in [0.3, 0.4) is 0 Å². The highest BCUT2D eigenvalue weighted by atomic mass is 16.4. The van der Waals surface area contributed by atoms with Crippen molar-refractivity contribution in [2.75, 3.05) is 6.54 Å². The predicted molar refractivity (Wildman–Crippen MR) is 82.5 cm³/mol. The number of amides is 1. The number of carbonyl (C=O) groups is 2. The van der Waals surface area contributed by atoms with E-state index in [4.69, 9.17) is 5.11 Å². The summed E-state index contributed by atoms with van der Waals surface area (Å²) < 4.78 is 1.61. The van der Waals surface area contributed by atoms with E-state index in [1.54, 1.807) is 11.6 Å². The third-order valence-electron chi connectivity index (χ3n) is 3.38. The van der Waals surface area contributed by atoms with E-state index in [0.717, 1.165) is 22.6 Å². The predicted octanol–water partition coefficient (Wildman–Crippen LogP) is 0.639. The molecule has 0 aliphatic rings. The molecule has 2 N–H and O–H groups in total. The quantitative estimate of drug-likeness (QED) is 0.837. The van der Waals surface area contributed by atoms with E-state index in [1.807, 2.05) is 26.8 Å². The molecule has 0 aliphatic carbocycles. The van der Waals surface area contributed by atoms with Crippen LogP contribution in [0.1, 0.15) is 28.3 Å². The largest absolute Gasteiger partial charge is 0.480 e. The van der Waals surface area contributed by atoms with Crippen molar-refractivity contribution < 1.29 is 14.7 Å². The molecule has 0 spiro atoms. The molecule has 0 saturated carbocycles. The molecule has 0 unspecified atom stereocenters. The first-order valence-electron chi connectivity index (χ1n) is 7.14. The van der Waals surface area contributed by atoms with Gasteiger partial charge in [0.25, 0.3) is 5.95 Å². The minimum atomic E-state index is -1.08. The lowest BCUT2D eigenvalue weighted by molar-refractivity contribution is -0.137. The number of rotatable bonds is 5. The van der Waals surface area contributed by atoms with Gasteiger partial charge in [0.15, 0.2) is 0 Å². The standard InChI is InChI=1S/C15H19N5O3/c1-8-5-9(2)18-15(17-8)20-11(4)12(10(3)19-20)6-13(21)16-7-14(22)23/h5H,6-7H2,1-4H3,(H,16,21)(H,22,23). The van der Waals surface area contributed by atoms with E-state index in [0.29, 0.717) is 11.6 Å². The monoisotopic (exact) mass is 317 g/mol. The molecule has 8 nitrogen and oxygen atoms in total. The smallest absolute Gasteiger partial charge is 0.322 e. The lowest BCUT2D eigenvalue weighted by Crippen LogP contribution is -2.30. The lowest BCUT2D eigenvalue weighted by atomic mass is 10.1. The van der Waals surface area contributed by atoms with Crippen LogP contribution in [-0.4, -0.2) is 43.3 Å². The second kappa shape index (κ2) is 6.55. The first-order valence-corrected chi connectivity index (χ1v) is 7.14. The number of hydrogen-bond donors (Lipinski definition) is 2. The van der Waals surface area contributed by atoms with Crippen LogP contribution in [0.2, 0.25) is 0 Å². The Balaban J connectivity index is 2.29. The summed E-state index contributed by atoms with van der Waals surface area (Å²) in [5.41, 5.74) is 3.87. The van der Waals surface area contributed by atoms with Crippen LogP contribution in [0.15, 0.2) is 6.07 Å². The summed E-state index contributed by atoms with van der Waals surface area (Å²) in [6.07, 6.45) is 0.0652. The highest BCUT2D eigenvalue weighted by Gasteiger charge is 2.17. The van der Waals surface area contributed by atoms with Gasteiger partial charge in [-0.25, -0.2) is 14.6 Å². The molecule has 122 valence electrons. The molecule has 0 aromatic carbocycles. The summed E-state index contributed by atoms with van der Waals surface area (Å²) in [6.45, 7) is 6.99. The molecular formula is C15H19N5O3. The summed E-state index contributed by atoms with van der Waals surface area (Å²) in [6, 6.07) is 1.87. The van der Waals surface area contributed by atoms with Crippen LogP contribution in [0.5, 0.6) is 0 Å². The Bertz CT molecular complexity index is 746. The first kappa shape index (κ1) is 16.6. The van der Waals surface area contributed by atoms with E-state index >= 15 is 0 Å². The molecule has 2 heterocycles. The van der Waals surface area contributed by atoms with Crippen molar-refractivity contribution in [2.45, 2.75) is 34.1 Å². The molecule has 2 aromatic heterocycles. The van der Waals surface area contributed by atoms with Gasteiger partial charge < -0.3 is 10.4 Å². The Morgan fingerprint density at radius 1 is 1.17 bits per heavy atom. The number of aryl methyl sites for hydroxylation is 3. The van der Waals surface area contributed by atoms with Gasteiger partial charge in [-0.15, -0.1) is 0 Å². The Morgan fingerprint density at radius 3 is 2.35 bits per heavy atom. The van der Waals surface area contributed by atoms with E-state index < -0.39 is 12.5 Å². The average Bonchev–Trinajstić information content (AvgIpc) is 2.72. The maximum absolute atomic E-state index is 11.8. The van der Waals surface area contributed by atoms with Gasteiger partial charge in [-0.05, 0) is 33.8 Å². The van der Waals surface area contributed by atoms with Gasteiger partial charge in [-0.1, -0.05) is 0 Å². The third-order valence-corrected chi connectivity index (χ3v) is 3.38. The number of hydrogen-bond acceptors (Lipinski definition) is 5. The van der Waals surface area contributed by atoms with Gasteiger partial charge in [0.1, 0.15) is 6.54 Å². The van der Waals surface area contributed by atoms with Gasteiger partial charge in [0.05, 0.1) is 12.1 Å². The van der Waals surface area contributed by atoms with Crippen LogP contribution in [0, 0.1) is 27.7 Å². The second-order valence-electron chi connectivity index (χ2n) is 5.36. The number of aliphatic carboxylic acids is 1. The summed E-state index contributed by atoms with van der Waals surface area (Å²) in [5.74, 6) is -0.981. The summed E-state index contributed by atoms with van der Waals surface area (Å²) in [5, 5.41) is 15.3. The molecule has 2 rings (SSSR count). The van der Waals surface area contributed by atoms with Crippen molar-refractivity contribution in [2.24, 2.45) is 0 Å². The van der Waals surface area contributed by atoms with E-state index in [2.05, 4.69) is 20.4 Å². The average molecular weight is 317 g/mol. The van der Waals surface area contributed by atoms with Gasteiger partial charge in [0, 0.05) is 22.6 Å². The van der Waals surface area contributed by atoms with E-state index in [9.17, 15) is 9.59 Å². The van der Waals surface area contributed by atoms with Gasteiger partial charge in [-0.3, -0.25) is 9.59 Å². The Kier molecular flexibility index (Phi) is 4.73. The molecular weight excluding hydrogens is 298 g/mol. The number of carboxylic acids is 1. The van der Waals surface area contributed by atoms with Gasteiger partial charge in [-0.2, -0.15) is 5.10 Å². The van der Waals surface area contributed by atoms with Gasteiger partial charge in [0.2, 0.25) is 5.91 Å². The zero-order valence-electron chi connectivity index (χ0n) is 13.5. The fourth-order valence-corrected chi connectivity index (χ4v) is 2.32. The molecule has 0 fully saturated rings. The van der Waals surface area contributed by atoms with Crippen LogP contribution in [0.4, 0.5) is 0 Å². The normalized spacial score (nSPS) is 10.6. The Morgan fingerprint density at radius 2 is 1.78 bits per heavy atom. The molecule has 2 aromatic rings. The van der Waals surface area contributed by atoms with Crippen molar-refractivity contribution in [3.8, 4) is 5.95 Å². The number of carbonyl (C=O) groups excluding carboxylic acids is 1. The summed E-state index contributed by atoms with van der Waals surface area (Å²) in [4.78, 5) is 31.1. The maximum atomic E-state index is 11.8. The van der Waals surface area contributed by atoms with Crippen LogP contribution in [0.25, 0.3) is 5.95 Å². The van der Waals surface area contributed by atoms with Crippen molar-refractivity contribution >= 4 is 11.9 Å². The minimum Gasteiger partial charge on any atom is -0.480 e. The molecule has 0 radical (unpaired) electrons. The maximum Gasteiger partial charge on any atom is 0.322 e. The van der Waals surface area contributed by atoms with E-state index in [-0.39, 0.29) is 12.3 Å². The van der Waals surface area contributed by atoms with E-state index in [1.165, 1.54) is 0 Å². The van der Waals surface area contributed by atoms with Crippen LogP contribution < -0.4 is 5.32 Å². The van der Waals surface area contributed by atoms with Crippen LogP contribution in [-0.2, 0) is 16.0 Å². The molecule has 0 aliphatic heterocycles. The zero-order valence-corrected chi connectivity index (χ0v) is 13.5. The summed E-state index contributed by atoms with van der Waals surface area (Å²) >= 11 is 0. The van der Waals surface area contributed by atoms with Crippen molar-refractivity contribution in [1.29, 1.82) is 0 Å². The molecule has 0 saturated heterocycles. The number of nitrogens with zero attached hydrogens (tertiary/aromatic N) is 4. The minimum absolute atomic E-state index is 0.0652. The molecule has 23 heavy (non-hydrogen) atoms. The topological polar surface area (TPSA) is 110 Å². The van der Waals surface area contributed by atoms with Gasteiger partial charge >= 0.3 is 5.97 Å². The third kappa shape index (κ3) is 3.91. The SMILES string of the molecule is Cc1cc(C)nc(-n2nc(C)c(CC(=O)NCC(=O)O)c2C)n1. The molecule has 1 amide bonds. The fourth-order valence-electron chi connectivity index (χ4n) is 2.32. The molecule has 8 heteroatoms. The molecule has 0 bridgehead atoms. The summed E-state index contributed by atoms with van der Waals surface area (Å²) in [7, 11) is 0. The number of nitrogens with one attached hydrogen (secondary N) is 1. The first-order chi connectivity index (χ1) is 10.8. The molecule has 0 atom stereocenters. The Hall–Kier alpha value is -2.77. The fraction of sp³-hybridized carbons (Fsp3) is 0.400. The lowest BCUT2D eigenvalue weighted by Gasteiger charge is -2.06. The van der Waals surface area contributed by atoms with Crippen LogP contribution >= 0.6 is 0 Å². The number of carboxylic acid groups (broad SMARTS) is 1. The second-order valence-corrected chi connectivity index (χ2v) is 5.36. The highest BCUT2D eigenvalue weighted by molar-refractivity contribution is 5.83. The van der Waals surface area contributed by atoms with Crippen molar-refractivity contribution in [3.05, 3.63) is 34.4 Å². The van der Waals surface area contributed by atoms with Crippen molar-refractivity contribution in [1.82, 2.24) is 25.1 Å². The Labute approximate surface area is 133 Å². The zero-order chi connectivity index (χ0) is 17.1. The number of aromatic nitrogens is 4. The van der Waals surface area contributed by atoms with Crippen molar-refractivity contribution in [3.63, 3.8) is 0 Å². The highest BCUT2D eigenvalue weighted by Crippen LogP contribution is 2.17.